The topological polar surface area (TPSA) is 41.5 Å². The summed E-state index contributed by atoms with van der Waals surface area (Å²) in [5, 5.41) is 3.19. The maximum atomic E-state index is 13.0. The van der Waals surface area contributed by atoms with Crippen molar-refractivity contribution in [1.29, 1.82) is 0 Å². The Kier molecular flexibility index (Phi) is 4.68. The molecule has 2 aromatic carbocycles. The Morgan fingerprint density at radius 2 is 1.87 bits per heavy atom. The second kappa shape index (κ2) is 6.88. The van der Waals surface area contributed by atoms with Gasteiger partial charge >= 0.3 is 0 Å². The molecule has 1 aliphatic heterocycles. The van der Waals surface area contributed by atoms with Gasteiger partial charge in [0.25, 0.3) is 0 Å². The molecule has 2 unspecified atom stereocenters. The summed E-state index contributed by atoms with van der Waals surface area (Å²) in [6.07, 6.45) is 1.93. The summed E-state index contributed by atoms with van der Waals surface area (Å²) >= 11 is 0. The van der Waals surface area contributed by atoms with Gasteiger partial charge in [0.05, 0.1) is 5.92 Å². The molecule has 0 saturated carbocycles. The van der Waals surface area contributed by atoms with E-state index in [4.69, 9.17) is 0 Å². The van der Waals surface area contributed by atoms with Crippen LogP contribution in [0.5, 0.6) is 0 Å². The first-order valence-electron chi connectivity index (χ1n) is 8.18. The summed E-state index contributed by atoms with van der Waals surface area (Å²) < 4.78 is 0. The highest BCUT2D eigenvalue weighted by Gasteiger charge is 2.38. The lowest BCUT2D eigenvalue weighted by Crippen LogP contribution is -2.30. The van der Waals surface area contributed by atoms with Crippen LogP contribution in [0.25, 0.3) is 0 Å². The number of carbonyl (C=O) groups excluding carboxylic acids is 1. The quantitative estimate of drug-likeness (QED) is 0.920. The number of carbonyl (C=O) groups is 1. The summed E-state index contributed by atoms with van der Waals surface area (Å²) in [4.78, 5) is 17.6. The minimum Gasteiger partial charge on any atom is -0.298 e. The highest BCUT2D eigenvalue weighted by Crippen LogP contribution is 2.30. The fourth-order valence-corrected chi connectivity index (χ4v) is 3.18. The van der Waals surface area contributed by atoms with E-state index >= 15 is 0 Å². The van der Waals surface area contributed by atoms with Gasteiger partial charge in [-0.2, -0.15) is 0 Å². The van der Waals surface area contributed by atoms with Gasteiger partial charge in [-0.25, -0.2) is 0 Å². The van der Waals surface area contributed by atoms with Crippen LogP contribution in [0, 0.1) is 0 Å². The number of likely N-dealkylation sites (N-methyl/N-ethyl adjacent to an activating group) is 1. The molecule has 1 heterocycles. The van der Waals surface area contributed by atoms with Crippen molar-refractivity contribution >= 4 is 11.5 Å². The number of benzene rings is 2. The van der Waals surface area contributed by atoms with E-state index in [-0.39, 0.29) is 17.9 Å². The molecule has 0 radical (unpaired) electrons. The molecular formula is C20H22N2O. The van der Waals surface area contributed by atoms with E-state index in [1.807, 2.05) is 49.5 Å². The van der Waals surface area contributed by atoms with Crippen LogP contribution >= 0.6 is 0 Å². The third kappa shape index (κ3) is 3.10. The van der Waals surface area contributed by atoms with Crippen LogP contribution in [-0.4, -0.2) is 24.7 Å². The number of Topliss-reactive ketones (excluding diaryl/α,β-unsaturated/α-hetero) is 1. The molecule has 2 atom stereocenters. The van der Waals surface area contributed by atoms with Gasteiger partial charge in [-0.15, -0.1) is 0 Å². The Bertz CT molecular complexity index is 721. The third-order valence-electron chi connectivity index (χ3n) is 4.29. The highest BCUT2D eigenvalue weighted by molar-refractivity contribution is 6.49. The maximum Gasteiger partial charge on any atom is 0.192 e. The van der Waals surface area contributed by atoms with Crippen LogP contribution in [0.3, 0.4) is 0 Å². The number of hydrogen-bond donors (Lipinski definition) is 1. The first-order valence-corrected chi connectivity index (χ1v) is 8.18. The van der Waals surface area contributed by atoms with Crippen molar-refractivity contribution in [2.24, 2.45) is 4.99 Å². The normalized spacial score (nSPS) is 20.6. The molecule has 3 nitrogen and oxygen atoms in total. The zero-order chi connectivity index (χ0) is 16.2. The number of nitrogens with one attached hydrogen (secondary N) is 1. The molecule has 0 fully saturated rings. The molecule has 1 N–H and O–H groups in total. The summed E-state index contributed by atoms with van der Waals surface area (Å²) in [5.74, 6) is -0.142. The predicted octanol–water partition coefficient (Wildman–Crippen LogP) is 3.34. The molecule has 3 rings (SSSR count). The number of aliphatic imine (C=N–C) groups is 1. The Labute approximate surface area is 137 Å². The first kappa shape index (κ1) is 15.6. The summed E-state index contributed by atoms with van der Waals surface area (Å²) in [6, 6.07) is 18.1. The Morgan fingerprint density at radius 1 is 1.09 bits per heavy atom. The van der Waals surface area contributed by atoms with Gasteiger partial charge in [0.1, 0.15) is 11.9 Å². The van der Waals surface area contributed by atoms with Crippen molar-refractivity contribution in [1.82, 2.24) is 5.32 Å². The number of ketones is 1. The number of aryl methyl sites for hydroxylation is 1. The molecule has 0 bridgehead atoms. The fourth-order valence-electron chi connectivity index (χ4n) is 3.18. The molecule has 0 aliphatic carbocycles. The van der Waals surface area contributed by atoms with Gasteiger partial charge in [0, 0.05) is 5.56 Å². The van der Waals surface area contributed by atoms with Gasteiger partial charge < -0.3 is 0 Å². The number of hydrogen-bond acceptors (Lipinski definition) is 3. The van der Waals surface area contributed by atoms with Crippen LogP contribution in [0.15, 0.2) is 59.6 Å². The van der Waals surface area contributed by atoms with E-state index in [0.29, 0.717) is 5.71 Å². The van der Waals surface area contributed by atoms with Crippen LogP contribution < -0.4 is 5.32 Å². The van der Waals surface area contributed by atoms with E-state index in [1.54, 1.807) is 0 Å². The molecule has 2 aromatic rings. The number of nitrogens with zero attached hydrogens (tertiary/aromatic N) is 1. The van der Waals surface area contributed by atoms with Gasteiger partial charge in [-0.1, -0.05) is 67.9 Å². The van der Waals surface area contributed by atoms with E-state index in [2.05, 4.69) is 29.4 Å². The summed E-state index contributed by atoms with van der Waals surface area (Å²) in [5.41, 5.74) is 3.80. The summed E-state index contributed by atoms with van der Waals surface area (Å²) in [6.45, 7) is 2.17. The van der Waals surface area contributed by atoms with Crippen molar-refractivity contribution in [2.45, 2.75) is 31.8 Å². The molecule has 0 aromatic heterocycles. The monoisotopic (exact) mass is 306 g/mol. The third-order valence-corrected chi connectivity index (χ3v) is 4.29. The molecule has 0 saturated heterocycles. The van der Waals surface area contributed by atoms with E-state index < -0.39 is 0 Å². The largest absolute Gasteiger partial charge is 0.298 e. The standard InChI is InChI=1S/C20H22N2O/c1-3-8-14-9-7-12-16(13-14)17-19(23)18(22-20(17)21-2)15-10-5-4-6-11-15/h4-7,9-13,17,20-21H,3,8H2,1-2H3. The second-order valence-corrected chi connectivity index (χ2v) is 5.91. The zero-order valence-corrected chi connectivity index (χ0v) is 13.6. The van der Waals surface area contributed by atoms with Crippen LogP contribution in [0.1, 0.15) is 36.0 Å². The Balaban J connectivity index is 1.95. The van der Waals surface area contributed by atoms with Gasteiger partial charge in [-0.3, -0.25) is 15.1 Å². The Hall–Kier alpha value is -2.26. The maximum absolute atomic E-state index is 13.0. The van der Waals surface area contributed by atoms with Crippen molar-refractivity contribution in [2.75, 3.05) is 7.05 Å². The second-order valence-electron chi connectivity index (χ2n) is 5.91. The molecule has 0 amide bonds. The highest BCUT2D eigenvalue weighted by atomic mass is 16.1. The van der Waals surface area contributed by atoms with Crippen molar-refractivity contribution in [3.8, 4) is 0 Å². The van der Waals surface area contributed by atoms with Crippen LogP contribution in [0.2, 0.25) is 0 Å². The van der Waals surface area contributed by atoms with Crippen molar-refractivity contribution < 1.29 is 4.79 Å². The average molecular weight is 306 g/mol. The minimum absolute atomic E-state index is 0.101. The first-order chi connectivity index (χ1) is 11.2. The molecule has 118 valence electrons. The lowest BCUT2D eigenvalue weighted by Gasteiger charge is -2.17. The van der Waals surface area contributed by atoms with Crippen LogP contribution in [0.4, 0.5) is 0 Å². The molecule has 23 heavy (non-hydrogen) atoms. The molecule has 3 heteroatoms. The predicted molar refractivity (Wildman–Crippen MR) is 94.0 cm³/mol. The van der Waals surface area contributed by atoms with Crippen molar-refractivity contribution in [3.63, 3.8) is 0 Å². The van der Waals surface area contributed by atoms with Crippen LogP contribution in [-0.2, 0) is 11.2 Å². The van der Waals surface area contributed by atoms with E-state index in [0.717, 1.165) is 24.0 Å². The lowest BCUT2D eigenvalue weighted by molar-refractivity contribution is -0.114. The van der Waals surface area contributed by atoms with Gasteiger partial charge in [-0.05, 0) is 24.6 Å². The van der Waals surface area contributed by atoms with E-state index in [1.165, 1.54) is 5.56 Å². The molecule has 0 spiro atoms. The molecular weight excluding hydrogens is 284 g/mol. The SMILES string of the molecule is CCCc1cccc(C2C(=O)C(c3ccccc3)=NC2NC)c1. The minimum atomic E-state index is -0.244. The van der Waals surface area contributed by atoms with Gasteiger partial charge in [0.2, 0.25) is 0 Å². The molecule has 1 aliphatic rings. The Morgan fingerprint density at radius 3 is 2.57 bits per heavy atom. The zero-order valence-electron chi connectivity index (χ0n) is 13.6. The average Bonchev–Trinajstić information content (AvgIpc) is 2.93. The van der Waals surface area contributed by atoms with Gasteiger partial charge in [0.15, 0.2) is 5.78 Å². The lowest BCUT2D eigenvalue weighted by atomic mass is 9.89. The number of rotatable bonds is 5. The summed E-state index contributed by atoms with van der Waals surface area (Å²) in [7, 11) is 1.86. The van der Waals surface area contributed by atoms with Crippen molar-refractivity contribution in [3.05, 3.63) is 71.3 Å². The fraction of sp³-hybridized carbons (Fsp3) is 0.300. The smallest absolute Gasteiger partial charge is 0.192 e. The van der Waals surface area contributed by atoms with E-state index in [9.17, 15) is 4.79 Å².